The molecule has 0 heterocycles. The Kier molecular flexibility index (Phi) is 10.4. The highest BCUT2D eigenvalue weighted by Gasteiger charge is 2.04. The van der Waals surface area contributed by atoms with Crippen molar-refractivity contribution in [3.05, 3.63) is 58.6 Å². The van der Waals surface area contributed by atoms with E-state index < -0.39 is 4.92 Å². The van der Waals surface area contributed by atoms with Crippen molar-refractivity contribution in [3.63, 3.8) is 0 Å². The summed E-state index contributed by atoms with van der Waals surface area (Å²) in [5.74, 6) is 0.756. The number of hydrogen-bond donors (Lipinski definition) is 2. The highest BCUT2D eigenvalue weighted by Crippen LogP contribution is 2.23. The fourth-order valence-corrected chi connectivity index (χ4v) is 2.79. The number of non-ortho nitro benzene ring substituents is 1. The van der Waals surface area contributed by atoms with Gasteiger partial charge in [-0.2, -0.15) is 10.2 Å². The summed E-state index contributed by atoms with van der Waals surface area (Å²) in [6, 6.07) is 13.1. The fraction of sp³-hybridized carbons (Fsp3) is 0.429. The largest absolute Gasteiger partial charge is 0.494 e. The van der Waals surface area contributed by atoms with Crippen LogP contribution in [-0.4, -0.2) is 59.5 Å². The van der Waals surface area contributed by atoms with Crippen LogP contribution in [0.15, 0.2) is 58.8 Å². The van der Waals surface area contributed by atoms with Crippen molar-refractivity contribution in [1.29, 1.82) is 0 Å². The van der Waals surface area contributed by atoms with Crippen molar-refractivity contribution in [2.24, 2.45) is 10.2 Å². The Morgan fingerprint density at radius 2 is 1.40 bits per heavy atom. The number of hydrogen-bond acceptors (Lipinski definition) is 8. The molecule has 0 amide bonds. The first kappa shape index (κ1) is 23.4. The Labute approximate surface area is 175 Å². The summed E-state index contributed by atoms with van der Waals surface area (Å²) in [5, 5.41) is 36.8. The zero-order valence-electron chi connectivity index (χ0n) is 16.9. The summed E-state index contributed by atoms with van der Waals surface area (Å²) in [7, 11) is 0. The van der Waals surface area contributed by atoms with Gasteiger partial charge in [0.05, 0.1) is 36.1 Å². The van der Waals surface area contributed by atoms with E-state index in [4.69, 9.17) is 14.9 Å². The molecule has 9 nitrogen and oxygen atoms in total. The molecule has 0 spiro atoms. The molecule has 0 fully saturated rings. The van der Waals surface area contributed by atoms with E-state index in [0.717, 1.165) is 31.6 Å². The maximum absolute atomic E-state index is 10.6. The number of unbranched alkanes of at least 4 members (excludes halogenated alkanes) is 2. The molecule has 0 aliphatic carbocycles. The maximum atomic E-state index is 10.6. The molecule has 0 saturated heterocycles. The molecule has 0 aliphatic heterocycles. The van der Waals surface area contributed by atoms with Gasteiger partial charge in [-0.3, -0.25) is 15.0 Å². The van der Waals surface area contributed by atoms with Crippen LogP contribution in [0.2, 0.25) is 0 Å². The quantitative estimate of drug-likeness (QED) is 0.209. The van der Waals surface area contributed by atoms with Gasteiger partial charge >= 0.3 is 0 Å². The first-order chi connectivity index (χ1) is 14.6. The Bertz CT molecular complexity index is 775. The normalized spacial score (nSPS) is 11.3. The topological polar surface area (TPSA) is 121 Å². The molecular weight excluding hydrogens is 388 g/mol. The Hall–Kier alpha value is -2.88. The van der Waals surface area contributed by atoms with Gasteiger partial charge in [-0.25, -0.2) is 0 Å². The van der Waals surface area contributed by atoms with Crippen molar-refractivity contribution in [2.75, 3.05) is 39.5 Å². The average Bonchev–Trinajstić information content (AvgIpc) is 2.76. The number of benzene rings is 2. The van der Waals surface area contributed by atoms with Crippen molar-refractivity contribution >= 4 is 17.1 Å². The molecular formula is C21H28N4O5. The van der Waals surface area contributed by atoms with Crippen LogP contribution in [0.1, 0.15) is 19.3 Å². The van der Waals surface area contributed by atoms with Crippen LogP contribution in [0.5, 0.6) is 5.75 Å². The molecule has 30 heavy (non-hydrogen) atoms. The molecule has 9 heteroatoms. The zero-order chi connectivity index (χ0) is 21.6. The van der Waals surface area contributed by atoms with Crippen LogP contribution in [0, 0.1) is 10.1 Å². The standard InChI is InChI=1S/C21H28N4O5/c26-15-13-24(14-16-27)12-2-1-3-17-30-21-10-6-19(7-11-21)23-22-18-4-8-20(9-5-18)25(28)29/h4-11,26-27H,1-3,12-17H2. The van der Waals surface area contributed by atoms with Crippen LogP contribution < -0.4 is 4.74 Å². The predicted molar refractivity (Wildman–Crippen MR) is 114 cm³/mol. The summed E-state index contributed by atoms with van der Waals surface area (Å²) < 4.78 is 5.73. The number of ether oxygens (including phenoxy) is 1. The molecule has 0 aliphatic rings. The van der Waals surface area contributed by atoms with Gasteiger partial charge in [0.15, 0.2) is 0 Å². The summed E-state index contributed by atoms with van der Waals surface area (Å²) in [4.78, 5) is 12.2. The van der Waals surface area contributed by atoms with Crippen molar-refractivity contribution in [3.8, 4) is 5.75 Å². The third-order valence-electron chi connectivity index (χ3n) is 4.40. The van der Waals surface area contributed by atoms with Crippen molar-refractivity contribution < 1.29 is 19.9 Å². The molecule has 2 N–H and O–H groups in total. The van der Waals surface area contributed by atoms with Crippen LogP contribution in [0.3, 0.4) is 0 Å². The minimum Gasteiger partial charge on any atom is -0.494 e. The third-order valence-corrected chi connectivity index (χ3v) is 4.40. The van der Waals surface area contributed by atoms with E-state index >= 15 is 0 Å². The first-order valence-electron chi connectivity index (χ1n) is 9.95. The monoisotopic (exact) mass is 416 g/mol. The molecule has 0 atom stereocenters. The van der Waals surface area contributed by atoms with Gasteiger partial charge in [0.2, 0.25) is 0 Å². The number of aliphatic hydroxyl groups excluding tert-OH is 2. The lowest BCUT2D eigenvalue weighted by atomic mass is 10.2. The fourth-order valence-electron chi connectivity index (χ4n) is 2.79. The van der Waals surface area contributed by atoms with Gasteiger partial charge in [0.1, 0.15) is 5.75 Å². The van der Waals surface area contributed by atoms with E-state index in [2.05, 4.69) is 10.2 Å². The van der Waals surface area contributed by atoms with E-state index in [1.54, 1.807) is 24.3 Å². The van der Waals surface area contributed by atoms with Gasteiger partial charge in [-0.05, 0) is 62.2 Å². The van der Waals surface area contributed by atoms with E-state index in [9.17, 15) is 10.1 Å². The number of rotatable bonds is 14. The van der Waals surface area contributed by atoms with Crippen LogP contribution in [0.4, 0.5) is 17.1 Å². The second-order valence-electron chi connectivity index (χ2n) is 6.67. The predicted octanol–water partition coefficient (Wildman–Crippen LogP) is 3.85. The smallest absolute Gasteiger partial charge is 0.269 e. The molecule has 0 bridgehead atoms. The Morgan fingerprint density at radius 1 is 0.833 bits per heavy atom. The number of aliphatic hydroxyl groups is 2. The highest BCUT2D eigenvalue weighted by atomic mass is 16.6. The van der Waals surface area contributed by atoms with Crippen molar-refractivity contribution in [1.82, 2.24) is 4.90 Å². The van der Waals surface area contributed by atoms with Gasteiger partial charge in [-0.1, -0.05) is 0 Å². The zero-order valence-corrected chi connectivity index (χ0v) is 16.9. The number of nitro benzene ring substituents is 1. The van der Waals surface area contributed by atoms with Gasteiger partial charge in [-0.15, -0.1) is 0 Å². The summed E-state index contributed by atoms with van der Waals surface area (Å²) in [5.41, 5.74) is 1.22. The molecule has 0 saturated carbocycles. The lowest BCUT2D eigenvalue weighted by Crippen LogP contribution is -2.30. The number of azo groups is 1. The van der Waals surface area contributed by atoms with E-state index in [-0.39, 0.29) is 18.9 Å². The average molecular weight is 416 g/mol. The molecule has 2 rings (SSSR count). The number of nitrogens with zero attached hydrogens (tertiary/aromatic N) is 4. The maximum Gasteiger partial charge on any atom is 0.269 e. The molecule has 162 valence electrons. The SMILES string of the molecule is O=[N+]([O-])c1ccc(N=Nc2ccc(OCCCCCN(CCO)CCO)cc2)cc1. The minimum atomic E-state index is -0.455. The van der Waals surface area contributed by atoms with Crippen LogP contribution >= 0.6 is 0 Å². The highest BCUT2D eigenvalue weighted by molar-refractivity contribution is 5.45. The molecule has 0 radical (unpaired) electrons. The lowest BCUT2D eigenvalue weighted by Gasteiger charge is -2.19. The first-order valence-corrected chi connectivity index (χ1v) is 9.95. The van der Waals surface area contributed by atoms with Gasteiger partial charge in [0, 0.05) is 25.2 Å². The molecule has 2 aromatic carbocycles. The van der Waals surface area contributed by atoms with Crippen molar-refractivity contribution in [2.45, 2.75) is 19.3 Å². The molecule has 2 aromatic rings. The van der Waals surface area contributed by atoms with E-state index in [1.807, 2.05) is 17.0 Å². The summed E-state index contributed by atoms with van der Waals surface area (Å²) in [6.07, 6.45) is 2.92. The van der Waals surface area contributed by atoms with E-state index in [0.29, 0.717) is 31.1 Å². The second-order valence-corrected chi connectivity index (χ2v) is 6.67. The third kappa shape index (κ3) is 8.64. The molecule has 0 aromatic heterocycles. The summed E-state index contributed by atoms with van der Waals surface area (Å²) in [6.45, 7) is 2.86. The minimum absolute atomic E-state index is 0.0168. The second kappa shape index (κ2) is 13.4. The van der Waals surface area contributed by atoms with Gasteiger partial charge < -0.3 is 14.9 Å². The van der Waals surface area contributed by atoms with Gasteiger partial charge in [0.25, 0.3) is 5.69 Å². The lowest BCUT2D eigenvalue weighted by molar-refractivity contribution is -0.384. The van der Waals surface area contributed by atoms with Crippen LogP contribution in [0.25, 0.3) is 0 Å². The number of nitro groups is 1. The molecule has 0 unspecified atom stereocenters. The Balaban J connectivity index is 1.68. The van der Waals surface area contributed by atoms with Crippen LogP contribution in [-0.2, 0) is 0 Å². The van der Waals surface area contributed by atoms with E-state index in [1.165, 1.54) is 12.1 Å². The Morgan fingerprint density at radius 3 is 1.93 bits per heavy atom. The summed E-state index contributed by atoms with van der Waals surface area (Å²) >= 11 is 0.